The van der Waals surface area contributed by atoms with Crippen LogP contribution in [-0.2, 0) is 0 Å². The number of hydrogen-bond donors (Lipinski definition) is 2. The lowest BCUT2D eigenvalue weighted by Gasteiger charge is -2.14. The summed E-state index contributed by atoms with van der Waals surface area (Å²) in [5.74, 6) is 2.92. The molecule has 0 unspecified atom stereocenters. The van der Waals surface area contributed by atoms with Gasteiger partial charge >= 0.3 is 0 Å². The van der Waals surface area contributed by atoms with Gasteiger partial charge < -0.3 is 20.1 Å². The summed E-state index contributed by atoms with van der Waals surface area (Å²) in [7, 11) is 3.26. The van der Waals surface area contributed by atoms with E-state index in [2.05, 4.69) is 36.4 Å². The van der Waals surface area contributed by atoms with E-state index in [1.54, 1.807) is 14.2 Å². The maximum Gasteiger partial charge on any atom is 0.195 e. The molecule has 0 fully saturated rings. The fourth-order valence-electron chi connectivity index (χ4n) is 2.05. The standard InChI is InChI=1S/C17H29N3O2.HI/c1-6-18-17(19-11-7-8-13(2)3)20-14-9-10-15(21-4)16(12-14)22-5;/h9-10,12-13H,6-8,11H2,1-5H3,(H2,18,19,20);1H. The highest BCUT2D eigenvalue weighted by Crippen LogP contribution is 2.29. The van der Waals surface area contributed by atoms with E-state index < -0.39 is 0 Å². The van der Waals surface area contributed by atoms with Crippen LogP contribution < -0.4 is 20.1 Å². The van der Waals surface area contributed by atoms with Crippen LogP contribution in [0.5, 0.6) is 11.5 Å². The molecule has 0 aliphatic carbocycles. The number of nitrogens with zero attached hydrogens (tertiary/aromatic N) is 1. The van der Waals surface area contributed by atoms with Crippen molar-refractivity contribution < 1.29 is 9.47 Å². The van der Waals surface area contributed by atoms with Crippen LogP contribution >= 0.6 is 24.0 Å². The van der Waals surface area contributed by atoms with Gasteiger partial charge in [0.15, 0.2) is 17.5 Å². The van der Waals surface area contributed by atoms with E-state index in [0.717, 1.165) is 37.1 Å². The fourth-order valence-corrected chi connectivity index (χ4v) is 2.05. The van der Waals surface area contributed by atoms with Gasteiger partial charge in [-0.1, -0.05) is 13.8 Å². The van der Waals surface area contributed by atoms with Crippen molar-refractivity contribution in [2.24, 2.45) is 10.9 Å². The van der Waals surface area contributed by atoms with Crippen molar-refractivity contribution in [3.63, 3.8) is 0 Å². The molecule has 1 aromatic rings. The van der Waals surface area contributed by atoms with E-state index in [0.29, 0.717) is 11.5 Å². The summed E-state index contributed by atoms with van der Waals surface area (Å²) in [6.45, 7) is 8.16. The quantitative estimate of drug-likeness (QED) is 0.279. The summed E-state index contributed by atoms with van der Waals surface area (Å²) in [6, 6.07) is 5.73. The second-order valence-corrected chi connectivity index (χ2v) is 5.49. The molecule has 2 N–H and O–H groups in total. The van der Waals surface area contributed by atoms with Crippen molar-refractivity contribution >= 4 is 35.6 Å². The predicted molar refractivity (Wildman–Crippen MR) is 109 cm³/mol. The molecule has 6 heteroatoms. The number of anilines is 1. The molecule has 0 aliphatic rings. The van der Waals surface area contributed by atoms with Gasteiger partial charge in [-0.25, -0.2) is 0 Å². The summed E-state index contributed by atoms with van der Waals surface area (Å²) in [5.41, 5.74) is 0.918. The minimum Gasteiger partial charge on any atom is -0.493 e. The molecule has 23 heavy (non-hydrogen) atoms. The van der Waals surface area contributed by atoms with Gasteiger partial charge in [0.2, 0.25) is 0 Å². The van der Waals surface area contributed by atoms with E-state index in [-0.39, 0.29) is 24.0 Å². The first kappa shape index (κ1) is 21.8. The maximum atomic E-state index is 5.32. The zero-order chi connectivity index (χ0) is 16.4. The Morgan fingerprint density at radius 1 is 1.17 bits per heavy atom. The van der Waals surface area contributed by atoms with Crippen molar-refractivity contribution in [3.05, 3.63) is 18.2 Å². The molecule has 0 radical (unpaired) electrons. The highest BCUT2D eigenvalue weighted by molar-refractivity contribution is 14.0. The molecule has 0 spiro atoms. The van der Waals surface area contributed by atoms with E-state index >= 15 is 0 Å². The minimum absolute atomic E-state index is 0. The lowest BCUT2D eigenvalue weighted by molar-refractivity contribution is 0.355. The van der Waals surface area contributed by atoms with E-state index in [9.17, 15) is 0 Å². The van der Waals surface area contributed by atoms with E-state index in [1.165, 1.54) is 6.42 Å². The van der Waals surface area contributed by atoms with Crippen LogP contribution in [0.3, 0.4) is 0 Å². The summed E-state index contributed by atoms with van der Waals surface area (Å²) < 4.78 is 10.6. The number of rotatable bonds is 8. The van der Waals surface area contributed by atoms with Gasteiger partial charge in [-0.2, -0.15) is 0 Å². The Morgan fingerprint density at radius 3 is 2.43 bits per heavy atom. The Labute approximate surface area is 157 Å². The Balaban J connectivity index is 0.00000484. The zero-order valence-electron chi connectivity index (χ0n) is 14.8. The molecule has 0 saturated carbocycles. The van der Waals surface area contributed by atoms with Crippen molar-refractivity contribution in [2.45, 2.75) is 33.6 Å². The Morgan fingerprint density at radius 2 is 1.87 bits per heavy atom. The maximum absolute atomic E-state index is 5.32. The molecule has 5 nitrogen and oxygen atoms in total. The summed E-state index contributed by atoms with van der Waals surface area (Å²) in [5, 5.41) is 6.55. The third-order valence-corrected chi connectivity index (χ3v) is 3.20. The van der Waals surface area contributed by atoms with Gasteiger partial charge in [-0.3, -0.25) is 4.99 Å². The second-order valence-electron chi connectivity index (χ2n) is 5.49. The first-order valence-corrected chi connectivity index (χ1v) is 7.88. The van der Waals surface area contributed by atoms with Crippen LogP contribution in [0, 0.1) is 5.92 Å². The van der Waals surface area contributed by atoms with Gasteiger partial charge in [0, 0.05) is 24.8 Å². The average molecular weight is 435 g/mol. The number of benzene rings is 1. The highest BCUT2D eigenvalue weighted by Gasteiger charge is 2.06. The van der Waals surface area contributed by atoms with Gasteiger partial charge in [-0.05, 0) is 37.8 Å². The number of hydrogen-bond acceptors (Lipinski definition) is 3. The summed E-state index contributed by atoms with van der Waals surface area (Å²) in [6.07, 6.45) is 2.29. The SMILES string of the molecule is CCNC(=NCCCC(C)C)Nc1ccc(OC)c(OC)c1.I. The molecule has 0 bridgehead atoms. The Bertz CT molecular complexity index is 479. The largest absolute Gasteiger partial charge is 0.493 e. The highest BCUT2D eigenvalue weighted by atomic mass is 127. The van der Waals surface area contributed by atoms with Gasteiger partial charge in [0.05, 0.1) is 14.2 Å². The van der Waals surface area contributed by atoms with Crippen LogP contribution in [0.2, 0.25) is 0 Å². The van der Waals surface area contributed by atoms with Crippen LogP contribution in [-0.4, -0.2) is 33.3 Å². The van der Waals surface area contributed by atoms with Gasteiger partial charge in [0.1, 0.15) is 0 Å². The Kier molecular flexibility index (Phi) is 11.6. The monoisotopic (exact) mass is 435 g/mol. The van der Waals surface area contributed by atoms with Crippen molar-refractivity contribution in [3.8, 4) is 11.5 Å². The zero-order valence-corrected chi connectivity index (χ0v) is 17.1. The van der Waals surface area contributed by atoms with E-state index in [1.807, 2.05) is 18.2 Å². The van der Waals surface area contributed by atoms with Crippen LogP contribution in [0.4, 0.5) is 5.69 Å². The first-order chi connectivity index (χ1) is 10.6. The molecule has 132 valence electrons. The normalized spacial score (nSPS) is 11.0. The third kappa shape index (κ3) is 8.29. The van der Waals surface area contributed by atoms with Crippen molar-refractivity contribution in [2.75, 3.05) is 32.6 Å². The van der Waals surface area contributed by atoms with Crippen LogP contribution in [0.1, 0.15) is 33.6 Å². The lowest BCUT2D eigenvalue weighted by Crippen LogP contribution is -2.30. The molecular formula is C17H30IN3O2. The lowest BCUT2D eigenvalue weighted by atomic mass is 10.1. The smallest absolute Gasteiger partial charge is 0.195 e. The number of methoxy groups -OCH3 is 2. The molecule has 0 heterocycles. The number of guanidine groups is 1. The predicted octanol–water partition coefficient (Wildman–Crippen LogP) is 4.14. The van der Waals surface area contributed by atoms with Crippen LogP contribution in [0.15, 0.2) is 23.2 Å². The molecule has 0 amide bonds. The van der Waals surface area contributed by atoms with Crippen molar-refractivity contribution in [1.82, 2.24) is 5.32 Å². The molecule has 0 saturated heterocycles. The minimum atomic E-state index is 0. The number of halogens is 1. The summed E-state index contributed by atoms with van der Waals surface area (Å²) in [4.78, 5) is 4.60. The molecule has 0 atom stereocenters. The Hall–Kier alpha value is -1.18. The number of ether oxygens (including phenoxy) is 2. The number of aliphatic imine (C=N–C) groups is 1. The van der Waals surface area contributed by atoms with Crippen LogP contribution in [0.25, 0.3) is 0 Å². The van der Waals surface area contributed by atoms with Gasteiger partial charge in [-0.15, -0.1) is 24.0 Å². The molecule has 1 rings (SSSR count). The van der Waals surface area contributed by atoms with Gasteiger partial charge in [0.25, 0.3) is 0 Å². The molecular weight excluding hydrogens is 405 g/mol. The third-order valence-electron chi connectivity index (χ3n) is 3.20. The second kappa shape index (κ2) is 12.3. The molecule has 0 aromatic heterocycles. The topological polar surface area (TPSA) is 54.9 Å². The van der Waals surface area contributed by atoms with Crippen molar-refractivity contribution in [1.29, 1.82) is 0 Å². The van der Waals surface area contributed by atoms with E-state index in [4.69, 9.17) is 9.47 Å². The summed E-state index contributed by atoms with van der Waals surface area (Å²) >= 11 is 0. The molecule has 1 aromatic carbocycles. The first-order valence-electron chi connectivity index (χ1n) is 7.88. The average Bonchev–Trinajstić information content (AvgIpc) is 2.51. The fraction of sp³-hybridized carbons (Fsp3) is 0.588. The molecule has 0 aliphatic heterocycles. The number of nitrogens with one attached hydrogen (secondary N) is 2.